The first-order valence-electron chi connectivity index (χ1n) is 11.3. The molecule has 1 saturated carbocycles. The maximum atomic E-state index is 5.53. The van der Waals surface area contributed by atoms with Crippen molar-refractivity contribution in [1.82, 2.24) is 44.5 Å². The number of aryl methyl sites for hydroxylation is 1. The van der Waals surface area contributed by atoms with E-state index in [2.05, 4.69) is 30.1 Å². The molecule has 6 rings (SSSR count). The highest BCUT2D eigenvalue weighted by atomic mass is 16.5. The fourth-order valence-corrected chi connectivity index (χ4v) is 4.12. The number of rotatable bonds is 7. The van der Waals surface area contributed by atoms with E-state index in [9.17, 15) is 0 Å². The van der Waals surface area contributed by atoms with Crippen LogP contribution in [0.5, 0.6) is 11.9 Å². The van der Waals surface area contributed by atoms with E-state index in [-0.39, 0.29) is 0 Å². The van der Waals surface area contributed by atoms with E-state index in [4.69, 9.17) is 14.5 Å². The summed E-state index contributed by atoms with van der Waals surface area (Å²) in [4.78, 5) is 22.7. The Morgan fingerprint density at radius 1 is 0.943 bits per heavy atom. The molecule has 5 aromatic rings. The third kappa shape index (κ3) is 3.84. The van der Waals surface area contributed by atoms with Crippen LogP contribution in [0.2, 0.25) is 0 Å². The van der Waals surface area contributed by atoms with Gasteiger partial charge in [-0.1, -0.05) is 24.3 Å². The second kappa shape index (κ2) is 8.42. The Labute approximate surface area is 200 Å². The highest BCUT2D eigenvalue weighted by Crippen LogP contribution is 2.44. The second-order valence-electron chi connectivity index (χ2n) is 8.43. The normalized spacial score (nSPS) is 13.3. The molecule has 1 aliphatic carbocycles. The lowest BCUT2D eigenvalue weighted by atomic mass is 10.1. The van der Waals surface area contributed by atoms with E-state index in [1.54, 1.807) is 44.7 Å². The highest BCUT2D eigenvalue weighted by Gasteiger charge is 2.31. The summed E-state index contributed by atoms with van der Waals surface area (Å²) < 4.78 is 14.2. The van der Waals surface area contributed by atoms with E-state index in [1.165, 1.54) is 0 Å². The van der Waals surface area contributed by atoms with Gasteiger partial charge in [0.1, 0.15) is 11.9 Å². The molecule has 0 saturated heterocycles. The number of fused-ring (bicyclic) bond motifs is 1. The van der Waals surface area contributed by atoms with Crippen LogP contribution in [-0.2, 0) is 13.6 Å². The lowest BCUT2D eigenvalue weighted by Gasteiger charge is -2.11. The molecule has 4 aromatic heterocycles. The molecule has 11 heteroatoms. The van der Waals surface area contributed by atoms with E-state index in [0.717, 1.165) is 46.3 Å². The van der Waals surface area contributed by atoms with Gasteiger partial charge in [-0.25, -0.2) is 29.3 Å². The third-order valence-corrected chi connectivity index (χ3v) is 6.05. The van der Waals surface area contributed by atoms with Gasteiger partial charge in [0.15, 0.2) is 17.3 Å². The Morgan fingerprint density at radius 3 is 2.49 bits per heavy atom. The molecule has 4 heterocycles. The lowest BCUT2D eigenvalue weighted by Crippen LogP contribution is -2.05. The zero-order valence-corrected chi connectivity index (χ0v) is 19.6. The van der Waals surface area contributed by atoms with Crippen LogP contribution in [0, 0.1) is 0 Å². The Kier molecular flexibility index (Phi) is 5.09. The number of nitrogens with zero attached hydrogens (tertiary/aromatic N) is 9. The smallest absolute Gasteiger partial charge is 0.314 e. The molecular weight excluding hydrogens is 446 g/mol. The van der Waals surface area contributed by atoms with Gasteiger partial charge in [-0.05, 0) is 18.4 Å². The Morgan fingerprint density at radius 2 is 1.77 bits per heavy atom. The molecule has 0 amide bonds. The molecule has 0 spiro atoms. The van der Waals surface area contributed by atoms with Gasteiger partial charge in [0.25, 0.3) is 0 Å². The molecule has 1 aliphatic rings. The van der Waals surface area contributed by atoms with Gasteiger partial charge in [0.2, 0.25) is 5.88 Å². The van der Waals surface area contributed by atoms with Crippen LogP contribution in [0.15, 0.2) is 43.0 Å². The average molecular weight is 470 g/mol. The van der Waals surface area contributed by atoms with E-state index in [0.29, 0.717) is 36.0 Å². The largest absolute Gasteiger partial charge is 0.480 e. The number of methoxy groups -OCH3 is 2. The zero-order valence-electron chi connectivity index (χ0n) is 19.6. The topological polar surface area (TPSA) is 119 Å². The number of hydrogen-bond donors (Lipinski definition) is 0. The van der Waals surface area contributed by atoms with Crippen molar-refractivity contribution in [3.63, 3.8) is 0 Å². The zero-order chi connectivity index (χ0) is 23.9. The van der Waals surface area contributed by atoms with Crippen molar-refractivity contribution in [2.24, 2.45) is 7.05 Å². The maximum absolute atomic E-state index is 5.53. The first kappa shape index (κ1) is 21.1. The van der Waals surface area contributed by atoms with Crippen molar-refractivity contribution in [2.45, 2.75) is 25.3 Å². The molecule has 1 fully saturated rings. The number of hydrogen-bond acceptors (Lipinski definition) is 9. The van der Waals surface area contributed by atoms with Crippen LogP contribution in [0.25, 0.3) is 33.8 Å². The van der Waals surface area contributed by atoms with E-state index in [1.807, 2.05) is 28.9 Å². The van der Waals surface area contributed by atoms with Crippen molar-refractivity contribution in [3.8, 4) is 34.7 Å². The molecule has 35 heavy (non-hydrogen) atoms. The molecule has 0 N–H and O–H groups in total. The monoisotopic (exact) mass is 469 g/mol. The first-order chi connectivity index (χ1) is 17.1. The van der Waals surface area contributed by atoms with Crippen molar-refractivity contribution in [2.75, 3.05) is 14.2 Å². The number of ether oxygens (including phenoxy) is 2. The Bertz CT molecular complexity index is 1520. The maximum Gasteiger partial charge on any atom is 0.314 e. The standard InChI is InChI=1S/C24H23N9O2/c1-32-24(35-3)30-20(31-32)16-6-4-14(5-7-16)12-33-22-17(11-28-33)10-25-21(29-22)18-19(15-8-9-15)26-13-27-23(18)34-2/h4-7,10-11,13,15H,8-9,12H2,1-3H3. The molecule has 0 unspecified atom stereocenters. The molecular formula is C24H23N9O2. The van der Waals surface area contributed by atoms with Crippen molar-refractivity contribution in [3.05, 3.63) is 54.2 Å². The third-order valence-electron chi connectivity index (χ3n) is 6.05. The summed E-state index contributed by atoms with van der Waals surface area (Å²) in [6.07, 6.45) is 7.30. The highest BCUT2D eigenvalue weighted by molar-refractivity contribution is 5.77. The minimum absolute atomic E-state index is 0.401. The van der Waals surface area contributed by atoms with Crippen LogP contribution >= 0.6 is 0 Å². The molecule has 1 aromatic carbocycles. The van der Waals surface area contributed by atoms with Crippen LogP contribution in [0.4, 0.5) is 0 Å². The summed E-state index contributed by atoms with van der Waals surface area (Å²) in [5, 5.41) is 9.81. The first-order valence-corrected chi connectivity index (χ1v) is 11.3. The van der Waals surface area contributed by atoms with Gasteiger partial charge in [-0.3, -0.25) is 0 Å². The molecule has 11 nitrogen and oxygen atoms in total. The second-order valence-corrected chi connectivity index (χ2v) is 8.43. The number of aromatic nitrogens is 9. The summed E-state index contributed by atoms with van der Waals surface area (Å²) in [5.74, 6) is 2.05. The summed E-state index contributed by atoms with van der Waals surface area (Å²) in [6, 6.07) is 8.52. The fraction of sp³-hybridized carbons (Fsp3) is 0.292. The molecule has 0 radical (unpaired) electrons. The van der Waals surface area contributed by atoms with Gasteiger partial charge in [0, 0.05) is 24.7 Å². The van der Waals surface area contributed by atoms with Crippen LogP contribution < -0.4 is 9.47 Å². The van der Waals surface area contributed by atoms with Crippen molar-refractivity contribution >= 4 is 11.0 Å². The predicted octanol–water partition coefficient (Wildman–Crippen LogP) is 3.02. The molecule has 0 aliphatic heterocycles. The van der Waals surface area contributed by atoms with Gasteiger partial charge >= 0.3 is 6.01 Å². The summed E-state index contributed by atoms with van der Waals surface area (Å²) in [5.41, 5.74) is 4.42. The summed E-state index contributed by atoms with van der Waals surface area (Å²) >= 11 is 0. The Balaban J connectivity index is 1.32. The van der Waals surface area contributed by atoms with Crippen LogP contribution in [-0.4, -0.2) is 58.7 Å². The van der Waals surface area contributed by atoms with Gasteiger partial charge in [-0.2, -0.15) is 10.1 Å². The molecule has 0 bridgehead atoms. The van der Waals surface area contributed by atoms with Crippen molar-refractivity contribution in [1.29, 1.82) is 0 Å². The van der Waals surface area contributed by atoms with Crippen LogP contribution in [0.1, 0.15) is 30.0 Å². The van der Waals surface area contributed by atoms with Crippen LogP contribution in [0.3, 0.4) is 0 Å². The Hall–Kier alpha value is -4.41. The van der Waals surface area contributed by atoms with Gasteiger partial charge in [0.05, 0.1) is 38.0 Å². The minimum atomic E-state index is 0.401. The van der Waals surface area contributed by atoms with E-state index >= 15 is 0 Å². The van der Waals surface area contributed by atoms with Gasteiger partial charge in [-0.15, -0.1) is 5.10 Å². The van der Waals surface area contributed by atoms with Crippen molar-refractivity contribution < 1.29 is 9.47 Å². The molecule has 176 valence electrons. The molecule has 0 atom stereocenters. The minimum Gasteiger partial charge on any atom is -0.480 e. The summed E-state index contributed by atoms with van der Waals surface area (Å²) in [7, 11) is 4.98. The van der Waals surface area contributed by atoms with Gasteiger partial charge < -0.3 is 9.47 Å². The number of benzene rings is 1. The quantitative estimate of drug-likeness (QED) is 0.354. The lowest BCUT2D eigenvalue weighted by molar-refractivity contribution is 0.359. The average Bonchev–Trinajstić information content (AvgIpc) is 3.57. The summed E-state index contributed by atoms with van der Waals surface area (Å²) in [6.45, 7) is 0.553. The fourth-order valence-electron chi connectivity index (χ4n) is 4.12. The van der Waals surface area contributed by atoms with E-state index < -0.39 is 0 Å². The SMILES string of the molecule is COc1ncnc(C2CC2)c1-c1ncc2cnn(Cc3ccc(-c4nc(OC)n(C)n4)cc3)c2n1. The predicted molar refractivity (Wildman–Crippen MR) is 127 cm³/mol.